The molecule has 12 aliphatic carbocycles. The maximum atomic E-state index is 13.2. The third kappa shape index (κ3) is 11.2. The smallest absolute Gasteiger partial charge is 0.133 e. The Labute approximate surface area is 464 Å². The average Bonchev–Trinajstić information content (AvgIpc) is 4.22. The van der Waals surface area contributed by atoms with E-state index in [2.05, 4.69) is 46.8 Å². The van der Waals surface area contributed by atoms with Crippen molar-refractivity contribution < 1.29 is 33.3 Å². The van der Waals surface area contributed by atoms with E-state index < -0.39 is 24.6 Å². The maximum absolute atomic E-state index is 13.2. The molecule has 0 bridgehead atoms. The summed E-state index contributed by atoms with van der Waals surface area (Å²) in [5.74, 6) is 13.2. The second-order valence-corrected chi connectivity index (χ2v) is 29.2. The molecule has 1 saturated heterocycles. The van der Waals surface area contributed by atoms with Crippen molar-refractivity contribution in [1.82, 2.24) is 0 Å². The number of halogens is 2. The Balaban J connectivity index is 0.000000141. The van der Waals surface area contributed by atoms with Gasteiger partial charge in [0.05, 0.1) is 11.2 Å². The largest absolute Gasteiger partial charge is 0.388 e. The summed E-state index contributed by atoms with van der Waals surface area (Å²) in [5, 5.41) is 20.8. The molecule has 0 spiro atoms. The molecule has 2 radical (unpaired) electrons. The lowest BCUT2D eigenvalue weighted by molar-refractivity contribution is -0.131. The lowest BCUT2D eigenvalue weighted by atomic mass is 9.49. The van der Waals surface area contributed by atoms with Crippen LogP contribution in [-0.4, -0.2) is 66.8 Å². The Kier molecular flexibility index (Phi) is 19.3. The van der Waals surface area contributed by atoms with Crippen molar-refractivity contribution in [2.45, 2.75) is 260 Å². The van der Waals surface area contributed by atoms with Gasteiger partial charge in [-0.2, -0.15) is 0 Å². The zero-order valence-electron chi connectivity index (χ0n) is 47.5. The molecular formula is C68H111BF2O5. The Bertz CT molecular complexity index is 2050. The van der Waals surface area contributed by atoms with Gasteiger partial charge in [0.25, 0.3) is 0 Å². The molecular weight excluding hydrogens is 946 g/mol. The number of carbonyl (C=O) groups excluding carboxylic acids is 2. The molecule has 13 rings (SSSR count). The first-order chi connectivity index (χ1) is 35.4. The van der Waals surface area contributed by atoms with Gasteiger partial charge in [-0.05, 0) is 299 Å². The van der Waals surface area contributed by atoms with Crippen molar-refractivity contribution in [2.24, 2.45) is 111 Å². The SMILES string of the molecule is C.C.CC(=O)[C@H]1CCC2C3CCC4C[C@@](O)(CF)CC[C@@H]4C3CC[C@@]21C.CC=C1CCC2C3CCC4CC(=O)CC[C@@H]4C3CC[C@]12C.CC=C1CCC2C3CCC4C[C@@](O)(CF)CC[C@@H]4C3CC[C@]12C.[B]C1CCCO1. The fourth-order valence-corrected chi connectivity index (χ4v) is 22.7. The normalized spacial score (nSPS) is 50.4. The third-order valence-electron chi connectivity index (χ3n) is 26.3. The van der Waals surface area contributed by atoms with Gasteiger partial charge in [0.15, 0.2) is 0 Å². The highest BCUT2D eigenvalue weighted by Gasteiger charge is 2.60. The molecule has 0 aromatic heterocycles. The van der Waals surface area contributed by atoms with E-state index in [1.807, 2.05) is 0 Å². The number of rotatable bonds is 3. The number of Topliss-reactive ketones (excluding diaryl/α,β-unsaturated/α-hetero) is 2. The molecule has 0 aromatic carbocycles. The molecule has 13 aliphatic rings. The molecule has 12 saturated carbocycles. The maximum Gasteiger partial charge on any atom is 0.133 e. The van der Waals surface area contributed by atoms with Gasteiger partial charge in [-0.3, -0.25) is 9.59 Å². The van der Waals surface area contributed by atoms with Crippen LogP contribution >= 0.6 is 0 Å². The van der Waals surface area contributed by atoms with Crippen LogP contribution in [0.2, 0.25) is 0 Å². The number of alkyl halides is 2. The number of allylic oxidation sites excluding steroid dienone is 4. The minimum absolute atomic E-state index is 0. The molecule has 2 N–H and O–H groups in total. The lowest BCUT2D eigenvalue weighted by Crippen LogP contribution is -2.51. The molecule has 76 heavy (non-hydrogen) atoms. The Hall–Kier alpha value is -1.38. The summed E-state index contributed by atoms with van der Waals surface area (Å²) in [4.78, 5) is 23.9. The topological polar surface area (TPSA) is 83.8 Å². The fourth-order valence-electron chi connectivity index (χ4n) is 22.7. The number of hydrogen-bond donors (Lipinski definition) is 2. The van der Waals surface area contributed by atoms with Gasteiger partial charge in [-0.15, -0.1) is 0 Å². The van der Waals surface area contributed by atoms with Gasteiger partial charge in [0.1, 0.15) is 32.8 Å². The molecule has 1 heterocycles. The van der Waals surface area contributed by atoms with E-state index in [9.17, 15) is 28.6 Å². The van der Waals surface area contributed by atoms with Gasteiger partial charge < -0.3 is 14.9 Å². The van der Waals surface area contributed by atoms with Crippen molar-refractivity contribution in [3.63, 3.8) is 0 Å². The van der Waals surface area contributed by atoms with Crippen LogP contribution in [0.25, 0.3) is 0 Å². The molecule has 430 valence electrons. The Morgan fingerprint density at radius 3 is 1.46 bits per heavy atom. The van der Waals surface area contributed by atoms with Crippen molar-refractivity contribution in [3.8, 4) is 0 Å². The lowest BCUT2D eigenvalue weighted by Gasteiger charge is -2.56. The van der Waals surface area contributed by atoms with Gasteiger partial charge in [0, 0.05) is 31.4 Å². The molecule has 0 aromatic rings. The molecule has 8 heteroatoms. The first-order valence-electron chi connectivity index (χ1n) is 31.7. The van der Waals surface area contributed by atoms with E-state index in [0.717, 1.165) is 129 Å². The standard InChI is InChI=1S/C21H33FO2.C21H33FO.C20H30O.C4H7BO.2CH4/c1-13(23)18-5-6-19-17-4-3-14-11-21(24,12-22)10-8-15(14)16(17)7-9-20(18,19)2;1-3-15-5-7-19-18-6-4-14-12-21(23,13-22)11-9-16(14)17(18)8-10-20(15,19)2;1-3-14-5-9-19-18-7-4-13-12-15(21)6-8-16(13)17(18)10-11-20(14,19)2;5-4-2-1-3-6-4;;/h14-19,24H,3-12H2,1-2H3;3,14,16-19,23H,4-13H2,1-2H3;3,13,16-19H,4-12H2,1-2H3;4H,1-3H2;2*1H4/t14?,15-,16?,17?,18+,19?,20+,21+;14?,16-,17?,18?,19?,20+,21+;13?,16-,17?,18?,19?,20+;;;/m000.../s1. The minimum atomic E-state index is -1.04. The van der Waals surface area contributed by atoms with Crippen LogP contribution in [0.3, 0.4) is 0 Å². The molecule has 13 unspecified atom stereocenters. The highest BCUT2D eigenvalue weighted by atomic mass is 19.1. The third-order valence-corrected chi connectivity index (χ3v) is 26.3. The summed E-state index contributed by atoms with van der Waals surface area (Å²) >= 11 is 0. The Morgan fingerprint density at radius 1 is 0.566 bits per heavy atom. The van der Waals surface area contributed by atoms with Gasteiger partial charge in [-0.1, -0.05) is 58.9 Å². The van der Waals surface area contributed by atoms with Crippen molar-refractivity contribution in [1.29, 1.82) is 0 Å². The first-order valence-corrected chi connectivity index (χ1v) is 31.7. The van der Waals surface area contributed by atoms with Crippen molar-refractivity contribution in [3.05, 3.63) is 23.3 Å². The van der Waals surface area contributed by atoms with Crippen molar-refractivity contribution >= 4 is 19.4 Å². The molecule has 5 nitrogen and oxygen atoms in total. The van der Waals surface area contributed by atoms with E-state index in [1.165, 1.54) is 109 Å². The predicted octanol–water partition coefficient (Wildman–Crippen LogP) is 16.5. The summed E-state index contributed by atoms with van der Waals surface area (Å²) < 4.78 is 31.4. The van der Waals surface area contributed by atoms with Crippen LogP contribution in [0.1, 0.15) is 243 Å². The highest BCUT2D eigenvalue weighted by Crippen LogP contribution is 2.67. The number of ketones is 2. The minimum Gasteiger partial charge on any atom is -0.388 e. The van der Waals surface area contributed by atoms with Crippen LogP contribution in [0.5, 0.6) is 0 Å². The number of carbonyl (C=O) groups is 2. The zero-order valence-corrected chi connectivity index (χ0v) is 47.5. The summed E-state index contributed by atoms with van der Waals surface area (Å²) in [6.45, 7) is 13.5. The summed E-state index contributed by atoms with van der Waals surface area (Å²) in [6, 6.07) is 0.0463. The average molecular weight is 1060 g/mol. The van der Waals surface area contributed by atoms with Gasteiger partial charge in [-0.25, -0.2) is 8.78 Å². The van der Waals surface area contributed by atoms with Crippen molar-refractivity contribution in [2.75, 3.05) is 20.0 Å². The predicted molar refractivity (Wildman–Crippen MR) is 308 cm³/mol. The summed E-state index contributed by atoms with van der Waals surface area (Å²) in [7, 11) is 5.31. The van der Waals surface area contributed by atoms with E-state index >= 15 is 0 Å². The number of aliphatic hydroxyl groups is 2. The summed E-state index contributed by atoms with van der Waals surface area (Å²) in [5.41, 5.74) is 2.66. The highest BCUT2D eigenvalue weighted by molar-refractivity contribution is 6.11. The molecule has 1 aliphatic heterocycles. The van der Waals surface area contributed by atoms with E-state index in [1.54, 1.807) is 18.1 Å². The number of hydrogen-bond acceptors (Lipinski definition) is 5. The van der Waals surface area contributed by atoms with Crippen LogP contribution in [0.4, 0.5) is 8.78 Å². The van der Waals surface area contributed by atoms with E-state index in [-0.39, 0.29) is 32.2 Å². The van der Waals surface area contributed by atoms with Crippen LogP contribution in [0.15, 0.2) is 23.3 Å². The van der Waals surface area contributed by atoms with E-state index in [0.29, 0.717) is 65.3 Å². The van der Waals surface area contributed by atoms with Crippen LogP contribution in [-0.2, 0) is 14.3 Å². The molecule has 13 fully saturated rings. The number of ether oxygens (including phenoxy) is 1. The second kappa shape index (κ2) is 24.2. The van der Waals surface area contributed by atoms with Gasteiger partial charge in [0.2, 0.25) is 0 Å². The van der Waals surface area contributed by atoms with E-state index in [4.69, 9.17) is 12.6 Å². The molecule has 0 amide bonds. The Morgan fingerprint density at radius 2 is 1.03 bits per heavy atom. The second-order valence-electron chi connectivity index (χ2n) is 29.2. The molecule has 22 atom stereocenters. The zero-order chi connectivity index (χ0) is 52.4. The number of fused-ring (bicyclic) bond motifs is 15. The van der Waals surface area contributed by atoms with Crippen LogP contribution < -0.4 is 0 Å². The van der Waals surface area contributed by atoms with Gasteiger partial charge >= 0.3 is 0 Å². The monoisotopic (exact) mass is 1060 g/mol. The fraction of sp³-hybridized carbons (Fsp3) is 0.912. The first kappa shape index (κ1) is 60.7. The van der Waals surface area contributed by atoms with Crippen LogP contribution in [0, 0.1) is 111 Å². The summed E-state index contributed by atoms with van der Waals surface area (Å²) in [6.07, 6.45) is 38.3. The quantitative estimate of drug-likeness (QED) is 0.217.